The van der Waals surface area contributed by atoms with Crippen LogP contribution in [0, 0.1) is 0 Å². The Balaban J connectivity index is 1.62. The lowest BCUT2D eigenvalue weighted by molar-refractivity contribution is -0.130. The molecule has 4 aromatic rings. The molecule has 1 aliphatic rings. The van der Waals surface area contributed by atoms with Gasteiger partial charge in [0.15, 0.2) is 11.5 Å². The maximum Gasteiger partial charge on any atom is 0.290 e. The van der Waals surface area contributed by atoms with Crippen molar-refractivity contribution in [3.63, 3.8) is 0 Å². The van der Waals surface area contributed by atoms with Crippen LogP contribution in [0.1, 0.15) is 27.7 Å². The number of halogens is 2. The zero-order valence-electron chi connectivity index (χ0n) is 17.0. The topological polar surface area (TPSA) is 83.6 Å². The summed E-state index contributed by atoms with van der Waals surface area (Å²) >= 11 is 12.3. The molecule has 1 aliphatic heterocycles. The molecule has 0 fully saturated rings. The van der Waals surface area contributed by atoms with E-state index in [0.29, 0.717) is 16.2 Å². The fourth-order valence-corrected chi connectivity index (χ4v) is 4.30. The van der Waals surface area contributed by atoms with Crippen LogP contribution in [0.15, 0.2) is 88.8 Å². The van der Waals surface area contributed by atoms with Gasteiger partial charge in [0.1, 0.15) is 5.58 Å². The first-order valence-electron chi connectivity index (χ1n) is 10.1. The Morgan fingerprint density at radius 2 is 1.88 bits per heavy atom. The van der Waals surface area contributed by atoms with Gasteiger partial charge in [0, 0.05) is 24.3 Å². The second-order valence-corrected chi connectivity index (χ2v) is 8.42. The van der Waals surface area contributed by atoms with Crippen molar-refractivity contribution >= 4 is 45.9 Å². The smallest absolute Gasteiger partial charge is 0.290 e. The SMILES string of the molecule is O=C(C1=C(O)C(=O)N(Cc2cccnc2)C1c1ccc(Cl)c(Cl)c1)c1cc2ccccc2o1. The fraction of sp³-hybridized carbons (Fsp3) is 0.0800. The number of aromatic nitrogens is 1. The van der Waals surface area contributed by atoms with E-state index < -0.39 is 23.5 Å². The monoisotopic (exact) mass is 478 g/mol. The van der Waals surface area contributed by atoms with Gasteiger partial charge in [-0.2, -0.15) is 0 Å². The summed E-state index contributed by atoms with van der Waals surface area (Å²) in [4.78, 5) is 32.2. The quantitative estimate of drug-likeness (QED) is 0.360. The average molecular weight is 479 g/mol. The summed E-state index contributed by atoms with van der Waals surface area (Å²) < 4.78 is 5.72. The molecule has 3 heterocycles. The van der Waals surface area contributed by atoms with Gasteiger partial charge < -0.3 is 14.4 Å². The lowest BCUT2D eigenvalue weighted by Crippen LogP contribution is -2.30. The third kappa shape index (κ3) is 3.77. The highest BCUT2D eigenvalue weighted by molar-refractivity contribution is 6.42. The van der Waals surface area contributed by atoms with Gasteiger partial charge in [0.2, 0.25) is 5.78 Å². The fourth-order valence-electron chi connectivity index (χ4n) is 3.99. The number of pyridine rings is 1. The number of hydrogen-bond acceptors (Lipinski definition) is 5. The summed E-state index contributed by atoms with van der Waals surface area (Å²) in [5.41, 5.74) is 1.72. The number of para-hydroxylation sites is 1. The zero-order chi connectivity index (χ0) is 23.1. The minimum absolute atomic E-state index is 0.0267. The van der Waals surface area contributed by atoms with E-state index in [-0.39, 0.29) is 22.9 Å². The summed E-state index contributed by atoms with van der Waals surface area (Å²) in [7, 11) is 0. The van der Waals surface area contributed by atoms with Crippen molar-refractivity contribution in [2.45, 2.75) is 12.6 Å². The first kappa shape index (κ1) is 21.2. The average Bonchev–Trinajstić information content (AvgIpc) is 3.36. The van der Waals surface area contributed by atoms with Gasteiger partial charge in [-0.05, 0) is 41.5 Å². The van der Waals surface area contributed by atoms with Crippen molar-refractivity contribution in [2.75, 3.05) is 0 Å². The Hall–Kier alpha value is -3.61. The maximum atomic E-state index is 13.5. The van der Waals surface area contributed by atoms with Crippen LogP contribution in [0.25, 0.3) is 11.0 Å². The lowest BCUT2D eigenvalue weighted by atomic mass is 9.95. The minimum Gasteiger partial charge on any atom is -0.503 e. The van der Waals surface area contributed by atoms with Gasteiger partial charge in [-0.15, -0.1) is 0 Å². The van der Waals surface area contributed by atoms with E-state index in [1.807, 2.05) is 18.2 Å². The predicted molar refractivity (Wildman–Crippen MR) is 124 cm³/mol. The molecule has 0 radical (unpaired) electrons. The van der Waals surface area contributed by atoms with Crippen molar-refractivity contribution < 1.29 is 19.1 Å². The van der Waals surface area contributed by atoms with Crippen LogP contribution in [-0.2, 0) is 11.3 Å². The zero-order valence-corrected chi connectivity index (χ0v) is 18.5. The van der Waals surface area contributed by atoms with Crippen LogP contribution < -0.4 is 0 Å². The van der Waals surface area contributed by atoms with Crippen molar-refractivity contribution in [1.82, 2.24) is 9.88 Å². The molecule has 2 aromatic carbocycles. The molecule has 5 rings (SSSR count). The first-order valence-corrected chi connectivity index (χ1v) is 10.8. The Bertz CT molecular complexity index is 1400. The summed E-state index contributed by atoms with van der Waals surface area (Å²) in [5.74, 6) is -1.85. The number of amides is 1. The highest BCUT2D eigenvalue weighted by atomic mass is 35.5. The van der Waals surface area contributed by atoms with Crippen molar-refractivity contribution in [2.24, 2.45) is 0 Å². The van der Waals surface area contributed by atoms with Gasteiger partial charge in [-0.25, -0.2) is 0 Å². The minimum atomic E-state index is -0.895. The van der Waals surface area contributed by atoms with Crippen LogP contribution in [0.2, 0.25) is 10.0 Å². The standard InChI is InChI=1S/C25H16Cl2N2O4/c26-17-8-7-16(10-18(17)27)22-21(23(30)20-11-15-5-1-2-6-19(15)33-20)24(31)25(32)29(22)13-14-4-3-9-28-12-14/h1-12,22,31H,13H2. The van der Waals surface area contributed by atoms with Crippen LogP contribution in [-0.4, -0.2) is 26.7 Å². The molecule has 0 saturated heterocycles. The number of hydrogen-bond donors (Lipinski definition) is 1. The lowest BCUT2D eigenvalue weighted by Gasteiger charge is -2.27. The molecule has 33 heavy (non-hydrogen) atoms. The molecule has 2 aromatic heterocycles. The van der Waals surface area contributed by atoms with E-state index in [9.17, 15) is 14.7 Å². The molecule has 1 unspecified atom stereocenters. The van der Waals surface area contributed by atoms with Crippen molar-refractivity contribution in [1.29, 1.82) is 0 Å². The second kappa shape index (κ2) is 8.39. The van der Waals surface area contributed by atoms with Crippen LogP contribution >= 0.6 is 23.2 Å². The molecule has 1 atom stereocenters. The summed E-state index contributed by atoms with van der Waals surface area (Å²) in [6.45, 7) is 0.124. The molecule has 6 nitrogen and oxygen atoms in total. The van der Waals surface area contributed by atoms with E-state index in [0.717, 1.165) is 10.9 Å². The Morgan fingerprint density at radius 1 is 1.06 bits per heavy atom. The van der Waals surface area contributed by atoms with Crippen molar-refractivity contribution in [3.05, 3.63) is 111 Å². The maximum absolute atomic E-state index is 13.5. The number of ketones is 1. The van der Waals surface area contributed by atoms with Gasteiger partial charge in [0.25, 0.3) is 5.91 Å². The summed E-state index contributed by atoms with van der Waals surface area (Å²) in [6, 6.07) is 16.3. The second-order valence-electron chi connectivity index (χ2n) is 7.61. The molecule has 1 amide bonds. The predicted octanol–water partition coefficient (Wildman–Crippen LogP) is 5.91. The van der Waals surface area contributed by atoms with Gasteiger partial charge >= 0.3 is 0 Å². The third-order valence-electron chi connectivity index (χ3n) is 5.53. The Labute approximate surface area is 198 Å². The number of aliphatic hydroxyl groups excluding tert-OH is 1. The van der Waals surface area contributed by atoms with Gasteiger partial charge in [-0.3, -0.25) is 14.6 Å². The number of benzene rings is 2. The van der Waals surface area contributed by atoms with Crippen LogP contribution in [0.4, 0.5) is 0 Å². The normalized spacial score (nSPS) is 16.1. The molecule has 164 valence electrons. The van der Waals surface area contributed by atoms with Crippen LogP contribution in [0.5, 0.6) is 0 Å². The number of furan rings is 1. The highest BCUT2D eigenvalue weighted by Gasteiger charge is 2.44. The molecular weight excluding hydrogens is 463 g/mol. The molecule has 0 bridgehead atoms. The third-order valence-corrected chi connectivity index (χ3v) is 6.27. The Morgan fingerprint density at radius 3 is 2.61 bits per heavy atom. The number of Topliss-reactive ketones (excluding diaryl/α,β-unsaturated/α-hetero) is 1. The number of rotatable bonds is 5. The molecule has 0 saturated carbocycles. The number of fused-ring (bicyclic) bond motifs is 1. The highest BCUT2D eigenvalue weighted by Crippen LogP contribution is 2.41. The number of carbonyl (C=O) groups excluding carboxylic acids is 2. The molecule has 0 spiro atoms. The van der Waals surface area contributed by atoms with Gasteiger partial charge in [-0.1, -0.05) is 53.5 Å². The Kier molecular flexibility index (Phi) is 5.40. The molecular formula is C25H16Cl2N2O4. The largest absolute Gasteiger partial charge is 0.503 e. The van der Waals surface area contributed by atoms with E-state index >= 15 is 0 Å². The summed E-state index contributed by atoms with van der Waals surface area (Å²) in [5, 5.41) is 12.2. The number of carbonyl (C=O) groups is 2. The van der Waals surface area contributed by atoms with E-state index in [2.05, 4.69) is 4.98 Å². The summed E-state index contributed by atoms with van der Waals surface area (Å²) in [6.07, 6.45) is 3.24. The van der Waals surface area contributed by atoms with Gasteiger partial charge in [0.05, 0.1) is 21.7 Å². The van der Waals surface area contributed by atoms with E-state index in [1.54, 1.807) is 54.9 Å². The molecule has 0 aliphatic carbocycles. The number of aliphatic hydroxyl groups is 1. The van der Waals surface area contributed by atoms with E-state index in [4.69, 9.17) is 27.6 Å². The molecule has 8 heteroatoms. The molecule has 1 N–H and O–H groups in total. The first-order chi connectivity index (χ1) is 15.9. The van der Waals surface area contributed by atoms with E-state index in [1.165, 1.54) is 4.90 Å². The van der Waals surface area contributed by atoms with Crippen molar-refractivity contribution in [3.8, 4) is 0 Å². The number of nitrogens with zero attached hydrogens (tertiary/aromatic N) is 2. The van der Waals surface area contributed by atoms with Crippen LogP contribution in [0.3, 0.4) is 0 Å².